The van der Waals surface area contributed by atoms with E-state index in [1.165, 1.54) is 33.2 Å². The number of rotatable bonds is 13. The molecule has 190 valence electrons. The molecule has 0 saturated carbocycles. The van der Waals surface area contributed by atoms with E-state index in [1.54, 1.807) is 19.1 Å². The first-order chi connectivity index (χ1) is 16.8. The van der Waals surface area contributed by atoms with Crippen LogP contribution in [-0.2, 0) is 19.1 Å². The number of carbonyl (C=O) groups is 3. The molecule has 3 atom stereocenters. The summed E-state index contributed by atoms with van der Waals surface area (Å²) < 4.78 is 27.4. The molecule has 1 N–H and O–H groups in total. The van der Waals surface area contributed by atoms with Crippen molar-refractivity contribution < 1.29 is 38.1 Å². The molecule has 1 aromatic carbocycles. The molecule has 10 heteroatoms. The molecule has 0 aliphatic heterocycles. The molecule has 1 heterocycles. The highest BCUT2D eigenvalue weighted by molar-refractivity contribution is 5.98. The number of nitrogens with zero attached hydrogens (tertiary/aromatic N) is 1. The quantitative estimate of drug-likeness (QED) is 0.335. The monoisotopic (exact) mass is 488 g/mol. The fraction of sp³-hybridized carbons (Fsp3) is 0.440. The van der Waals surface area contributed by atoms with Gasteiger partial charge in [-0.15, -0.1) is 0 Å². The molecule has 1 amide bonds. The van der Waals surface area contributed by atoms with Crippen molar-refractivity contribution in [2.24, 2.45) is 0 Å². The molecule has 0 saturated heterocycles. The highest BCUT2D eigenvalue weighted by Gasteiger charge is 2.29. The third-order valence-electron chi connectivity index (χ3n) is 4.74. The molecule has 2 rings (SSSR count). The van der Waals surface area contributed by atoms with Crippen molar-refractivity contribution >= 4 is 17.8 Å². The van der Waals surface area contributed by atoms with Crippen LogP contribution in [0.1, 0.15) is 44.6 Å². The third-order valence-corrected chi connectivity index (χ3v) is 4.74. The Kier molecular flexibility index (Phi) is 11.0. The van der Waals surface area contributed by atoms with Crippen molar-refractivity contribution in [3.8, 4) is 17.2 Å². The number of pyridine rings is 1. The zero-order chi connectivity index (χ0) is 25.8. The number of aromatic nitrogens is 1. The standard InChI is InChI=1S/C25H32N2O8/c1-6-14-32-15-21(17(3)33-19-10-8-7-9-11-19)35-25(30)16(2)27-24(29)22-23(34-18(4)28)20(31-5)12-13-26-22/h7-13,16-17,21H,6,14-15H2,1-5H3,(H,27,29)/t16-,17-,21+/m0/s1. The molecule has 0 spiro atoms. The van der Waals surface area contributed by atoms with Crippen molar-refractivity contribution in [1.82, 2.24) is 10.3 Å². The molecule has 1 aromatic heterocycles. The summed E-state index contributed by atoms with van der Waals surface area (Å²) >= 11 is 0. The van der Waals surface area contributed by atoms with Gasteiger partial charge in [0.15, 0.2) is 17.5 Å². The van der Waals surface area contributed by atoms with Crippen LogP contribution in [0.3, 0.4) is 0 Å². The summed E-state index contributed by atoms with van der Waals surface area (Å²) in [7, 11) is 1.36. The molecule has 35 heavy (non-hydrogen) atoms. The van der Waals surface area contributed by atoms with Gasteiger partial charge in [0.05, 0.1) is 13.7 Å². The lowest BCUT2D eigenvalue weighted by molar-refractivity contribution is -0.159. The van der Waals surface area contributed by atoms with Crippen molar-refractivity contribution in [3.05, 3.63) is 48.3 Å². The van der Waals surface area contributed by atoms with Crippen molar-refractivity contribution in [2.45, 2.75) is 52.4 Å². The summed E-state index contributed by atoms with van der Waals surface area (Å²) in [5.74, 6) is -1.45. The van der Waals surface area contributed by atoms with Crippen LogP contribution in [0.4, 0.5) is 0 Å². The number of carbonyl (C=O) groups excluding carboxylic acids is 3. The van der Waals surface area contributed by atoms with Crippen LogP contribution < -0.4 is 19.5 Å². The number of benzene rings is 1. The average Bonchev–Trinajstić information content (AvgIpc) is 2.83. The molecule has 0 aliphatic carbocycles. The van der Waals surface area contributed by atoms with Crippen LogP contribution >= 0.6 is 0 Å². The highest BCUT2D eigenvalue weighted by atomic mass is 16.6. The maximum absolute atomic E-state index is 12.8. The van der Waals surface area contributed by atoms with Gasteiger partial charge in [-0.05, 0) is 32.4 Å². The Hall–Kier alpha value is -3.66. The van der Waals surface area contributed by atoms with Crippen molar-refractivity contribution in [2.75, 3.05) is 20.3 Å². The number of nitrogens with one attached hydrogen (secondary N) is 1. The van der Waals surface area contributed by atoms with E-state index in [0.29, 0.717) is 12.4 Å². The summed E-state index contributed by atoms with van der Waals surface area (Å²) in [6.45, 7) is 7.03. The topological polar surface area (TPSA) is 122 Å². The Morgan fingerprint density at radius 3 is 2.43 bits per heavy atom. The van der Waals surface area contributed by atoms with E-state index >= 15 is 0 Å². The van der Waals surface area contributed by atoms with E-state index in [-0.39, 0.29) is 23.8 Å². The van der Waals surface area contributed by atoms with Crippen molar-refractivity contribution in [3.63, 3.8) is 0 Å². The Labute approximate surface area is 204 Å². The Balaban J connectivity index is 2.10. The van der Waals surface area contributed by atoms with Gasteiger partial charge in [-0.1, -0.05) is 25.1 Å². The predicted molar refractivity (Wildman–Crippen MR) is 127 cm³/mol. The summed E-state index contributed by atoms with van der Waals surface area (Å²) in [4.78, 5) is 41.1. The molecule has 0 bridgehead atoms. The van der Waals surface area contributed by atoms with E-state index in [2.05, 4.69) is 10.3 Å². The smallest absolute Gasteiger partial charge is 0.328 e. The van der Waals surface area contributed by atoms with E-state index in [0.717, 1.165) is 6.42 Å². The molecular formula is C25H32N2O8. The minimum Gasteiger partial charge on any atom is -0.493 e. The second-order valence-electron chi connectivity index (χ2n) is 7.67. The fourth-order valence-corrected chi connectivity index (χ4v) is 2.97. The van der Waals surface area contributed by atoms with Crippen LogP contribution in [0, 0.1) is 0 Å². The van der Waals surface area contributed by atoms with E-state index < -0.39 is 36.1 Å². The van der Waals surface area contributed by atoms with Gasteiger partial charge in [0.25, 0.3) is 5.91 Å². The predicted octanol–water partition coefficient (Wildman–Crippen LogP) is 2.94. The maximum Gasteiger partial charge on any atom is 0.328 e. The first-order valence-electron chi connectivity index (χ1n) is 11.3. The molecule has 0 fully saturated rings. The summed E-state index contributed by atoms with van der Waals surface area (Å²) in [6, 6.07) is 9.55. The van der Waals surface area contributed by atoms with Gasteiger partial charge in [0, 0.05) is 25.8 Å². The van der Waals surface area contributed by atoms with Gasteiger partial charge in [-0.25, -0.2) is 9.78 Å². The third kappa shape index (κ3) is 8.56. The van der Waals surface area contributed by atoms with Crippen LogP contribution in [0.5, 0.6) is 17.2 Å². The lowest BCUT2D eigenvalue weighted by Crippen LogP contribution is -2.45. The minimum atomic E-state index is -1.04. The van der Waals surface area contributed by atoms with E-state index in [4.69, 9.17) is 23.7 Å². The maximum atomic E-state index is 12.8. The summed E-state index contributed by atoms with van der Waals surface area (Å²) in [5, 5.41) is 2.52. The number of para-hydroxylation sites is 1. The normalized spacial score (nSPS) is 13.2. The van der Waals surface area contributed by atoms with Crippen LogP contribution in [0.15, 0.2) is 42.6 Å². The molecule has 0 unspecified atom stereocenters. The lowest BCUT2D eigenvalue weighted by Gasteiger charge is -2.26. The van der Waals surface area contributed by atoms with Gasteiger partial charge in [-0.2, -0.15) is 0 Å². The largest absolute Gasteiger partial charge is 0.493 e. The van der Waals surface area contributed by atoms with Crippen LogP contribution in [0.25, 0.3) is 0 Å². The van der Waals surface area contributed by atoms with E-state index in [9.17, 15) is 14.4 Å². The SMILES string of the molecule is CCCOC[C@@H](OC(=O)[C@H](C)NC(=O)c1nccc(OC)c1OC(C)=O)[C@H](C)Oc1ccccc1. The molecule has 0 radical (unpaired) electrons. The number of esters is 2. The molecule has 0 aliphatic rings. The molecule has 10 nitrogen and oxygen atoms in total. The Bertz CT molecular complexity index is 983. The van der Waals surface area contributed by atoms with Crippen molar-refractivity contribution in [1.29, 1.82) is 0 Å². The second-order valence-corrected chi connectivity index (χ2v) is 7.67. The minimum absolute atomic E-state index is 0.127. The number of hydrogen-bond acceptors (Lipinski definition) is 9. The average molecular weight is 489 g/mol. The van der Waals surface area contributed by atoms with E-state index in [1.807, 2.05) is 25.1 Å². The molecular weight excluding hydrogens is 456 g/mol. The lowest BCUT2D eigenvalue weighted by atomic mass is 10.2. The first kappa shape index (κ1) is 27.6. The second kappa shape index (κ2) is 13.9. The number of hydrogen-bond donors (Lipinski definition) is 1. The van der Waals surface area contributed by atoms with Gasteiger partial charge < -0.3 is 29.0 Å². The zero-order valence-electron chi connectivity index (χ0n) is 20.6. The molecule has 2 aromatic rings. The van der Waals surface area contributed by atoms with Gasteiger partial charge in [-0.3, -0.25) is 9.59 Å². The van der Waals surface area contributed by atoms with Crippen LogP contribution in [0.2, 0.25) is 0 Å². The highest BCUT2D eigenvalue weighted by Crippen LogP contribution is 2.29. The Morgan fingerprint density at radius 2 is 1.80 bits per heavy atom. The van der Waals surface area contributed by atoms with Gasteiger partial charge in [0.2, 0.25) is 5.75 Å². The Morgan fingerprint density at radius 1 is 1.09 bits per heavy atom. The first-order valence-corrected chi connectivity index (χ1v) is 11.3. The van der Waals surface area contributed by atoms with Gasteiger partial charge in [0.1, 0.15) is 17.9 Å². The number of ether oxygens (including phenoxy) is 5. The number of amides is 1. The summed E-state index contributed by atoms with van der Waals surface area (Å²) in [6.07, 6.45) is 0.893. The van der Waals surface area contributed by atoms with Crippen LogP contribution in [-0.4, -0.2) is 61.4 Å². The number of methoxy groups -OCH3 is 1. The fourth-order valence-electron chi connectivity index (χ4n) is 2.97. The van der Waals surface area contributed by atoms with Gasteiger partial charge >= 0.3 is 11.9 Å². The zero-order valence-corrected chi connectivity index (χ0v) is 20.6. The summed E-state index contributed by atoms with van der Waals surface area (Å²) in [5.41, 5.74) is -0.206.